The Balaban J connectivity index is 1.60. The number of carbonyl (C=O) groups is 1. The van der Waals surface area contributed by atoms with Crippen LogP contribution in [0.1, 0.15) is 46.7 Å². The average Bonchev–Trinajstić information content (AvgIpc) is 3.23. The molecule has 1 N–H and O–H groups in total. The predicted octanol–water partition coefficient (Wildman–Crippen LogP) is 0.749. The Bertz CT molecular complexity index is 1000. The van der Waals surface area contributed by atoms with Gasteiger partial charge in [0.05, 0.1) is 38.6 Å². The summed E-state index contributed by atoms with van der Waals surface area (Å²) >= 11 is 1.77. The van der Waals surface area contributed by atoms with Gasteiger partial charge in [-0.15, -0.1) is 16.4 Å². The second-order valence-corrected chi connectivity index (χ2v) is 8.69. The lowest BCUT2D eigenvalue weighted by atomic mass is 9.87. The minimum atomic E-state index is -0.0634. The van der Waals surface area contributed by atoms with Crippen molar-refractivity contribution in [2.75, 3.05) is 33.2 Å². The topological polar surface area (TPSA) is 67.8 Å². The number of quaternary nitrogens is 1. The number of nitrogens with one attached hydrogen (secondary N) is 1. The van der Waals surface area contributed by atoms with Crippen molar-refractivity contribution in [3.05, 3.63) is 22.6 Å². The summed E-state index contributed by atoms with van der Waals surface area (Å²) in [4.78, 5) is 27.9. The van der Waals surface area contributed by atoms with Gasteiger partial charge in [0.25, 0.3) is 5.91 Å². The Morgan fingerprint density at radius 2 is 2.15 bits per heavy atom. The van der Waals surface area contributed by atoms with Crippen LogP contribution >= 0.6 is 11.3 Å². The summed E-state index contributed by atoms with van der Waals surface area (Å²) in [7, 11) is 2.16. The predicted molar refractivity (Wildman–Crippen MR) is 100 cm³/mol. The van der Waals surface area contributed by atoms with Gasteiger partial charge < -0.3 is 9.80 Å². The van der Waals surface area contributed by atoms with Crippen LogP contribution in [0.15, 0.2) is 6.33 Å². The van der Waals surface area contributed by atoms with Crippen LogP contribution in [0, 0.1) is 0 Å². The van der Waals surface area contributed by atoms with Gasteiger partial charge in [-0.2, -0.15) is 0 Å². The van der Waals surface area contributed by atoms with Crippen LogP contribution in [0.2, 0.25) is 0 Å². The summed E-state index contributed by atoms with van der Waals surface area (Å²) in [5.41, 5.74) is 2.16. The third-order valence-electron chi connectivity index (χ3n) is 5.77. The zero-order valence-corrected chi connectivity index (χ0v) is 16.0. The van der Waals surface area contributed by atoms with E-state index in [0.29, 0.717) is 11.7 Å². The highest BCUT2D eigenvalue weighted by molar-refractivity contribution is 7.19. The van der Waals surface area contributed by atoms with Crippen LogP contribution in [0.4, 0.5) is 0 Å². The zero-order chi connectivity index (χ0) is 17.8. The molecular weight excluding hydrogens is 348 g/mol. The molecule has 136 valence electrons. The van der Waals surface area contributed by atoms with E-state index < -0.39 is 0 Å². The number of amides is 1. The van der Waals surface area contributed by atoms with E-state index in [4.69, 9.17) is 0 Å². The second kappa shape index (κ2) is 5.99. The van der Waals surface area contributed by atoms with Gasteiger partial charge in [0, 0.05) is 4.88 Å². The SMILES string of the molecule is C[C@H]1CCCc2sc3ncn4nc(C(=O)N5CC[NH+](C)CC5)nc4c3c21. The summed E-state index contributed by atoms with van der Waals surface area (Å²) in [6.45, 7) is 5.75. The first kappa shape index (κ1) is 16.1. The van der Waals surface area contributed by atoms with E-state index in [1.54, 1.807) is 22.2 Å². The molecule has 1 amide bonds. The van der Waals surface area contributed by atoms with Gasteiger partial charge in [-0.1, -0.05) is 6.92 Å². The Morgan fingerprint density at radius 3 is 2.96 bits per heavy atom. The lowest BCUT2D eigenvalue weighted by Crippen LogP contribution is -3.12. The van der Waals surface area contributed by atoms with Crippen molar-refractivity contribution < 1.29 is 9.69 Å². The van der Waals surface area contributed by atoms with Gasteiger partial charge in [0.15, 0.2) is 5.65 Å². The molecule has 2 aliphatic rings. The van der Waals surface area contributed by atoms with Gasteiger partial charge in [0.1, 0.15) is 11.2 Å². The highest BCUT2D eigenvalue weighted by Gasteiger charge is 2.28. The number of hydrogen-bond donors (Lipinski definition) is 1. The number of piperazine rings is 1. The smallest absolute Gasteiger partial charge is 0.293 e. The Kier molecular flexibility index (Phi) is 3.72. The fourth-order valence-corrected chi connectivity index (χ4v) is 5.51. The maximum atomic E-state index is 12.9. The van der Waals surface area contributed by atoms with Crippen molar-refractivity contribution in [3.8, 4) is 0 Å². The number of likely N-dealkylation sites (N-methyl/N-ethyl adjacent to an activating group) is 1. The molecule has 0 spiro atoms. The van der Waals surface area contributed by atoms with Crippen LogP contribution in [-0.2, 0) is 6.42 Å². The fraction of sp³-hybridized carbons (Fsp3) is 0.556. The van der Waals surface area contributed by atoms with Crippen molar-refractivity contribution in [1.29, 1.82) is 0 Å². The number of thiophene rings is 1. The Hall–Kier alpha value is -2.06. The highest BCUT2D eigenvalue weighted by Crippen LogP contribution is 2.42. The highest BCUT2D eigenvalue weighted by atomic mass is 32.1. The molecule has 5 rings (SSSR count). The second-order valence-electron chi connectivity index (χ2n) is 7.61. The number of hydrogen-bond acceptors (Lipinski definition) is 5. The van der Waals surface area contributed by atoms with Gasteiger partial charge in [0.2, 0.25) is 5.82 Å². The lowest BCUT2D eigenvalue weighted by Gasteiger charge is -2.29. The number of aryl methyl sites for hydroxylation is 1. The molecule has 0 radical (unpaired) electrons. The maximum absolute atomic E-state index is 12.9. The number of carbonyl (C=O) groups excluding carboxylic acids is 1. The molecule has 0 saturated carbocycles. The van der Waals surface area contributed by atoms with Gasteiger partial charge >= 0.3 is 0 Å². The largest absolute Gasteiger partial charge is 0.334 e. The van der Waals surface area contributed by atoms with Crippen molar-refractivity contribution in [2.45, 2.75) is 32.1 Å². The van der Waals surface area contributed by atoms with Gasteiger partial charge in [-0.05, 0) is 30.7 Å². The van der Waals surface area contributed by atoms with Crippen molar-refractivity contribution in [3.63, 3.8) is 0 Å². The van der Waals surface area contributed by atoms with Crippen LogP contribution in [0.25, 0.3) is 15.9 Å². The fourth-order valence-electron chi connectivity index (χ4n) is 4.21. The van der Waals surface area contributed by atoms with Gasteiger partial charge in [-0.3, -0.25) is 4.79 Å². The quantitative estimate of drug-likeness (QED) is 0.685. The molecule has 8 heteroatoms. The molecule has 1 aliphatic carbocycles. The van der Waals surface area contributed by atoms with Crippen LogP contribution in [-0.4, -0.2) is 63.6 Å². The Labute approximate surface area is 155 Å². The molecular formula is C18H23N6OS+. The van der Waals surface area contributed by atoms with E-state index in [0.717, 1.165) is 48.5 Å². The van der Waals surface area contributed by atoms with E-state index in [-0.39, 0.29) is 5.91 Å². The molecule has 1 aliphatic heterocycles. The number of rotatable bonds is 1. The van der Waals surface area contributed by atoms with Crippen LogP contribution in [0.5, 0.6) is 0 Å². The third kappa shape index (κ3) is 2.43. The van der Waals surface area contributed by atoms with E-state index in [2.05, 4.69) is 29.0 Å². The monoisotopic (exact) mass is 371 g/mol. The molecule has 3 aromatic rings. The Morgan fingerprint density at radius 1 is 1.35 bits per heavy atom. The van der Waals surface area contributed by atoms with Crippen molar-refractivity contribution >= 4 is 33.1 Å². The summed E-state index contributed by atoms with van der Waals surface area (Å²) in [6, 6.07) is 0. The van der Waals surface area contributed by atoms with E-state index >= 15 is 0 Å². The minimum Gasteiger partial charge on any atom is -0.334 e. The first-order valence-corrected chi connectivity index (χ1v) is 10.2. The maximum Gasteiger partial charge on any atom is 0.293 e. The summed E-state index contributed by atoms with van der Waals surface area (Å²) < 4.78 is 1.69. The van der Waals surface area contributed by atoms with Crippen molar-refractivity contribution in [2.24, 2.45) is 0 Å². The molecule has 0 unspecified atom stereocenters. The third-order valence-corrected chi connectivity index (χ3v) is 6.95. The summed E-state index contributed by atoms with van der Waals surface area (Å²) in [5.74, 6) is 0.741. The number of nitrogens with zero attached hydrogens (tertiary/aromatic N) is 5. The molecule has 26 heavy (non-hydrogen) atoms. The first-order valence-electron chi connectivity index (χ1n) is 9.39. The molecule has 0 bridgehead atoms. The molecule has 0 aromatic carbocycles. The normalized spacial score (nSPS) is 21.5. The number of fused-ring (bicyclic) bond motifs is 5. The molecule has 1 fully saturated rings. The van der Waals surface area contributed by atoms with E-state index in [1.165, 1.54) is 28.2 Å². The molecule has 1 saturated heterocycles. The molecule has 7 nitrogen and oxygen atoms in total. The minimum absolute atomic E-state index is 0.0634. The van der Waals surface area contributed by atoms with Crippen molar-refractivity contribution in [1.82, 2.24) is 24.5 Å². The standard InChI is InChI=1S/C18H22N6OS/c1-11-4-3-5-12-13(11)14-16-20-15(21-24(16)10-19-17(14)26-12)18(25)23-8-6-22(2)7-9-23/h10-11H,3-9H2,1-2H3/p+1/t11-/m0/s1. The van der Waals surface area contributed by atoms with Crippen LogP contribution in [0.3, 0.4) is 0 Å². The molecule has 1 atom stereocenters. The van der Waals surface area contributed by atoms with E-state index in [9.17, 15) is 4.79 Å². The summed E-state index contributed by atoms with van der Waals surface area (Å²) in [6.07, 6.45) is 5.25. The van der Waals surface area contributed by atoms with Crippen LogP contribution < -0.4 is 4.90 Å². The average molecular weight is 371 g/mol. The van der Waals surface area contributed by atoms with Gasteiger partial charge in [-0.25, -0.2) is 14.5 Å². The number of aromatic nitrogens is 4. The van der Waals surface area contributed by atoms with E-state index in [1.807, 2.05) is 4.90 Å². The first-order chi connectivity index (χ1) is 12.6. The zero-order valence-electron chi connectivity index (χ0n) is 15.2. The molecule has 4 heterocycles. The molecule has 3 aromatic heterocycles. The summed E-state index contributed by atoms with van der Waals surface area (Å²) in [5, 5.41) is 5.57. The lowest BCUT2D eigenvalue weighted by molar-refractivity contribution is -0.883.